The molecule has 5 nitrogen and oxygen atoms in total. The van der Waals surface area contributed by atoms with Crippen LogP contribution in [-0.4, -0.2) is 18.9 Å². The van der Waals surface area contributed by atoms with Crippen LogP contribution in [0.3, 0.4) is 0 Å². The summed E-state index contributed by atoms with van der Waals surface area (Å²) in [6, 6.07) is 0. The summed E-state index contributed by atoms with van der Waals surface area (Å²) in [7, 11) is 1.69. The van der Waals surface area contributed by atoms with E-state index in [0.29, 0.717) is 0 Å². The molecule has 4 N–H and O–H groups in total. The van der Waals surface area contributed by atoms with Crippen molar-refractivity contribution in [2.75, 3.05) is 7.05 Å². The fourth-order valence-electron chi connectivity index (χ4n) is 3.49. The Morgan fingerprint density at radius 3 is 2.64 bits per heavy atom. The van der Waals surface area contributed by atoms with Crippen LogP contribution >= 0.6 is 0 Å². The van der Waals surface area contributed by atoms with E-state index in [0.717, 1.165) is 47.3 Å². The molecule has 2 aliphatic rings. The summed E-state index contributed by atoms with van der Waals surface area (Å²) in [6.45, 7) is 8.45. The van der Waals surface area contributed by atoms with Crippen LogP contribution in [-0.2, 0) is 9.59 Å². The lowest BCUT2D eigenvalue weighted by Gasteiger charge is -2.33. The first-order chi connectivity index (χ1) is 13.2. The van der Waals surface area contributed by atoms with Gasteiger partial charge in [0.25, 0.3) is 0 Å². The van der Waals surface area contributed by atoms with Crippen LogP contribution < -0.4 is 16.2 Å². The Morgan fingerprint density at radius 1 is 1.25 bits per heavy atom. The minimum Gasteiger partial charge on any atom is -0.355 e. The average molecular weight is 383 g/mol. The predicted molar refractivity (Wildman–Crippen MR) is 113 cm³/mol. The second kappa shape index (κ2) is 9.51. The Morgan fingerprint density at radius 2 is 2.00 bits per heavy atom. The number of primary amides is 1. The molecule has 0 aromatic carbocycles. The smallest absolute Gasteiger partial charge is 0.355 e. The quantitative estimate of drug-likeness (QED) is 0.488. The maximum Gasteiger partial charge on any atom is 0.361 e. The van der Waals surface area contributed by atoms with Crippen molar-refractivity contribution < 1.29 is 15.0 Å². The molecule has 1 aliphatic carbocycles. The summed E-state index contributed by atoms with van der Waals surface area (Å²) in [5, 5.41) is 2.77. The van der Waals surface area contributed by atoms with Crippen molar-refractivity contribution >= 4 is 11.8 Å². The van der Waals surface area contributed by atoms with Gasteiger partial charge in [-0.05, 0) is 55.7 Å². The molecule has 1 heterocycles. The van der Waals surface area contributed by atoms with Crippen molar-refractivity contribution in [2.24, 2.45) is 5.41 Å². The highest BCUT2D eigenvalue weighted by molar-refractivity contribution is 5.95. The second-order valence-corrected chi connectivity index (χ2v) is 7.99. The van der Waals surface area contributed by atoms with Crippen molar-refractivity contribution in [2.45, 2.75) is 47.0 Å². The molecule has 0 saturated carbocycles. The van der Waals surface area contributed by atoms with Crippen LogP contribution in [0.4, 0.5) is 0 Å². The van der Waals surface area contributed by atoms with Gasteiger partial charge in [0, 0.05) is 12.6 Å². The number of likely N-dealkylation sites (N-methyl/N-ethyl adjacent to an activating group) is 1. The van der Waals surface area contributed by atoms with Gasteiger partial charge < -0.3 is 5.32 Å². The first kappa shape index (κ1) is 21.6. The zero-order valence-electron chi connectivity index (χ0n) is 17.6. The lowest BCUT2D eigenvalue weighted by atomic mass is 9.72. The molecule has 5 heteroatoms. The van der Waals surface area contributed by atoms with E-state index in [-0.39, 0.29) is 17.2 Å². The molecule has 2 rings (SSSR count). The van der Waals surface area contributed by atoms with Gasteiger partial charge in [-0.2, -0.15) is 5.43 Å². The molecule has 150 valence electrons. The Bertz CT molecular complexity index is 821. The van der Waals surface area contributed by atoms with Crippen molar-refractivity contribution in [1.82, 2.24) is 10.7 Å². The fourth-order valence-corrected chi connectivity index (χ4v) is 3.49. The number of quaternary nitrogens is 1. The van der Waals surface area contributed by atoms with Crippen molar-refractivity contribution in [3.8, 4) is 0 Å². The largest absolute Gasteiger partial charge is 0.361 e. The molecule has 1 aliphatic heterocycles. The van der Waals surface area contributed by atoms with E-state index in [1.807, 2.05) is 38.2 Å². The third-order valence-electron chi connectivity index (χ3n) is 5.08. The number of amides is 2. The van der Waals surface area contributed by atoms with E-state index in [2.05, 4.69) is 36.7 Å². The maximum absolute atomic E-state index is 12.3. The zero-order chi connectivity index (χ0) is 20.7. The lowest BCUT2D eigenvalue weighted by molar-refractivity contribution is -0.609. The highest BCUT2D eigenvalue weighted by Gasteiger charge is 2.30. The summed E-state index contributed by atoms with van der Waals surface area (Å²) in [5.74, 6) is 0.0141. The summed E-state index contributed by atoms with van der Waals surface area (Å²) in [6.07, 6.45) is 16.7. The third kappa shape index (κ3) is 5.92. The lowest BCUT2D eigenvalue weighted by Crippen LogP contribution is -2.92. The zero-order valence-corrected chi connectivity index (χ0v) is 17.6. The summed E-state index contributed by atoms with van der Waals surface area (Å²) >= 11 is 0. The number of allylic oxidation sites excluding steroid dienone is 9. The number of carbonyl (C=O) groups is 2. The average Bonchev–Trinajstić information content (AvgIpc) is 3.03. The third-order valence-corrected chi connectivity index (χ3v) is 5.08. The molecule has 2 amide bonds. The molecule has 0 unspecified atom stereocenters. The van der Waals surface area contributed by atoms with Crippen LogP contribution in [0.1, 0.15) is 47.0 Å². The normalized spacial score (nSPS) is 20.8. The van der Waals surface area contributed by atoms with Gasteiger partial charge >= 0.3 is 5.91 Å². The van der Waals surface area contributed by atoms with E-state index in [4.69, 9.17) is 0 Å². The molecule has 28 heavy (non-hydrogen) atoms. The Kier molecular flexibility index (Phi) is 7.35. The van der Waals surface area contributed by atoms with Gasteiger partial charge in [-0.15, -0.1) is 0 Å². The number of carbonyl (C=O) groups excluding carboxylic acids is 2. The van der Waals surface area contributed by atoms with Gasteiger partial charge in [0.05, 0.1) is 11.8 Å². The Labute approximate surface area is 168 Å². The van der Waals surface area contributed by atoms with Crippen LogP contribution in [0, 0.1) is 5.41 Å². The summed E-state index contributed by atoms with van der Waals surface area (Å²) in [4.78, 5) is 23.4. The number of nitrogens with two attached hydrogens (primary N) is 1. The van der Waals surface area contributed by atoms with Crippen LogP contribution in [0.2, 0.25) is 0 Å². The fraction of sp³-hybridized carbons (Fsp3) is 0.391. The molecule has 0 aromatic heterocycles. The number of hydrogen-bond acceptors (Lipinski definition) is 3. The van der Waals surface area contributed by atoms with Crippen LogP contribution in [0.25, 0.3) is 0 Å². The SMILES string of the molecule is CNC(=O)C1=C(/C=C/C(C)=C/C=C/C(C)=C/C2=CC(=O)[NH2+]N2)C(C)(C)CCC1. The van der Waals surface area contributed by atoms with Crippen molar-refractivity contribution in [3.05, 3.63) is 70.5 Å². The van der Waals surface area contributed by atoms with Gasteiger partial charge in [0.1, 0.15) is 0 Å². The van der Waals surface area contributed by atoms with E-state index in [1.54, 1.807) is 13.1 Å². The van der Waals surface area contributed by atoms with Gasteiger partial charge in [-0.25, -0.2) is 10.2 Å². The molecule has 0 radical (unpaired) electrons. The minimum atomic E-state index is -0.0139. The molecule has 0 aromatic rings. The van der Waals surface area contributed by atoms with Crippen molar-refractivity contribution in [3.63, 3.8) is 0 Å². The van der Waals surface area contributed by atoms with E-state index >= 15 is 0 Å². The Balaban J connectivity index is 2.12. The highest BCUT2D eigenvalue weighted by atomic mass is 16.2. The summed E-state index contributed by atoms with van der Waals surface area (Å²) in [5.41, 5.74) is 9.38. The molecule has 0 spiro atoms. The standard InChI is InChI=1S/C23H31N3O2/c1-16(8-6-9-17(2)14-18-15-21(27)26-25-18)11-12-20-19(22(28)24-5)10-7-13-23(20,3)4/h6,8-9,11-12,14-15H,7,10,13H2,1-5H3,(H,24,28)(H2,25,26,27)/p+1/b9-6+,12-11+,16-8+,17-14+. The second-order valence-electron chi connectivity index (χ2n) is 7.99. The maximum atomic E-state index is 12.3. The monoisotopic (exact) mass is 382 g/mol. The summed E-state index contributed by atoms with van der Waals surface area (Å²) < 4.78 is 0. The number of nitrogens with one attached hydrogen (secondary N) is 2. The van der Waals surface area contributed by atoms with E-state index in [9.17, 15) is 9.59 Å². The predicted octanol–water partition coefficient (Wildman–Crippen LogP) is 2.74. The van der Waals surface area contributed by atoms with Gasteiger partial charge in [0.15, 0.2) is 0 Å². The van der Waals surface area contributed by atoms with E-state index < -0.39 is 0 Å². The number of hydrogen-bond donors (Lipinski definition) is 3. The van der Waals surface area contributed by atoms with Gasteiger partial charge in [-0.3, -0.25) is 4.79 Å². The molecule has 0 bridgehead atoms. The minimum absolute atomic E-state index is 0.00248. The van der Waals surface area contributed by atoms with Crippen molar-refractivity contribution in [1.29, 1.82) is 0 Å². The van der Waals surface area contributed by atoms with Gasteiger partial charge in [0.2, 0.25) is 5.91 Å². The molecule has 0 fully saturated rings. The van der Waals surface area contributed by atoms with Gasteiger partial charge in [-0.1, -0.05) is 49.8 Å². The molecule has 0 atom stereocenters. The highest BCUT2D eigenvalue weighted by Crippen LogP contribution is 2.41. The first-order valence-electron chi connectivity index (χ1n) is 9.75. The Hall–Kier alpha value is -2.66. The van der Waals surface area contributed by atoms with Crippen LogP contribution in [0.5, 0.6) is 0 Å². The molecule has 0 saturated heterocycles. The van der Waals surface area contributed by atoms with Crippen LogP contribution in [0.15, 0.2) is 70.5 Å². The number of rotatable bonds is 6. The molecular formula is C23H32N3O2+. The van der Waals surface area contributed by atoms with E-state index in [1.165, 1.54) is 5.43 Å². The topological polar surface area (TPSA) is 74.8 Å². The molecular weight excluding hydrogens is 350 g/mol. The first-order valence-corrected chi connectivity index (χ1v) is 9.75.